The number of carboxylic acids is 1. The molecule has 1 N–H and O–H groups in total. The molecule has 1 aliphatic heterocycles. The Bertz CT molecular complexity index is 1380. The van der Waals surface area contributed by atoms with E-state index < -0.39 is 17.7 Å². The van der Waals surface area contributed by atoms with E-state index in [1.165, 1.54) is 13.8 Å². The molecular formula is C33H37NO6S. The molecule has 0 aromatic heterocycles. The van der Waals surface area contributed by atoms with E-state index in [2.05, 4.69) is 0 Å². The van der Waals surface area contributed by atoms with E-state index in [-0.39, 0.29) is 17.6 Å². The van der Waals surface area contributed by atoms with Gasteiger partial charge in [-0.05, 0) is 93.7 Å². The second kappa shape index (κ2) is 12.8. The molecule has 41 heavy (non-hydrogen) atoms. The van der Waals surface area contributed by atoms with E-state index >= 15 is 0 Å². The Morgan fingerprint density at radius 1 is 0.976 bits per heavy atom. The SMILES string of the molecule is CSc1ccc(C(=O)C2CN(C(=O)Oc3ccccc3)CC2CCc2cc(C)c(OC(C)(C)C(=O)O)c(C)c2)cc1. The summed E-state index contributed by atoms with van der Waals surface area (Å²) in [5.41, 5.74) is 2.08. The smallest absolute Gasteiger partial charge is 0.415 e. The monoisotopic (exact) mass is 575 g/mol. The molecular weight excluding hydrogens is 538 g/mol. The number of hydrogen-bond donors (Lipinski definition) is 1. The Kier molecular flexibility index (Phi) is 9.43. The number of thioether (sulfide) groups is 1. The Morgan fingerprint density at radius 2 is 1.61 bits per heavy atom. The number of Topliss-reactive ketones (excluding diaryl/α,β-unsaturated/α-hetero) is 1. The summed E-state index contributed by atoms with van der Waals surface area (Å²) in [7, 11) is 0. The van der Waals surface area contributed by atoms with Crippen molar-refractivity contribution in [1.82, 2.24) is 4.90 Å². The van der Waals surface area contributed by atoms with Crippen LogP contribution in [0, 0.1) is 25.7 Å². The molecule has 216 valence electrons. The number of nitrogens with zero attached hydrogens (tertiary/aromatic N) is 1. The van der Waals surface area contributed by atoms with Crippen LogP contribution in [-0.2, 0) is 11.2 Å². The zero-order valence-electron chi connectivity index (χ0n) is 24.2. The Morgan fingerprint density at radius 3 is 2.20 bits per heavy atom. The van der Waals surface area contributed by atoms with Crippen molar-refractivity contribution in [3.8, 4) is 11.5 Å². The molecule has 0 bridgehead atoms. The number of ketones is 1. The van der Waals surface area contributed by atoms with Crippen molar-refractivity contribution in [2.45, 2.75) is 51.0 Å². The maximum atomic E-state index is 13.7. The molecule has 1 amide bonds. The number of benzene rings is 3. The van der Waals surface area contributed by atoms with Crippen LogP contribution < -0.4 is 9.47 Å². The van der Waals surface area contributed by atoms with E-state index in [9.17, 15) is 19.5 Å². The van der Waals surface area contributed by atoms with Crippen molar-refractivity contribution in [1.29, 1.82) is 0 Å². The van der Waals surface area contributed by atoms with Gasteiger partial charge in [0.25, 0.3) is 0 Å². The second-order valence-corrected chi connectivity index (χ2v) is 11.9. The van der Waals surface area contributed by atoms with E-state index in [1.54, 1.807) is 28.8 Å². The summed E-state index contributed by atoms with van der Waals surface area (Å²) in [4.78, 5) is 41.0. The van der Waals surface area contributed by atoms with Crippen LogP contribution in [0.15, 0.2) is 71.6 Å². The number of carbonyl (C=O) groups is 3. The summed E-state index contributed by atoms with van der Waals surface area (Å²) in [6, 6.07) is 20.6. The van der Waals surface area contributed by atoms with Gasteiger partial charge in [-0.2, -0.15) is 0 Å². The molecule has 7 nitrogen and oxygen atoms in total. The normalized spacial score (nSPS) is 16.9. The fourth-order valence-electron chi connectivity index (χ4n) is 5.23. The Hall–Kier alpha value is -3.78. The van der Waals surface area contributed by atoms with Gasteiger partial charge >= 0.3 is 12.1 Å². The fraction of sp³-hybridized carbons (Fsp3) is 0.364. The van der Waals surface area contributed by atoms with Gasteiger partial charge in [0.05, 0.1) is 0 Å². The third-order valence-electron chi connectivity index (χ3n) is 7.56. The van der Waals surface area contributed by atoms with Crippen LogP contribution in [0.3, 0.4) is 0 Å². The van der Waals surface area contributed by atoms with Gasteiger partial charge in [0.15, 0.2) is 11.4 Å². The number of hydrogen-bond acceptors (Lipinski definition) is 6. The average molecular weight is 576 g/mol. The summed E-state index contributed by atoms with van der Waals surface area (Å²) in [5.74, 6) is -0.358. The third-order valence-corrected chi connectivity index (χ3v) is 8.30. The van der Waals surface area contributed by atoms with E-state index in [1.807, 2.05) is 74.7 Å². The van der Waals surface area contributed by atoms with Crippen LogP contribution in [0.1, 0.15) is 47.3 Å². The molecule has 0 saturated carbocycles. The number of carboxylic acid groups (broad SMARTS) is 1. The zero-order valence-corrected chi connectivity index (χ0v) is 25.0. The topological polar surface area (TPSA) is 93.1 Å². The standard InChI is InChI=1S/C33H37NO6S/c1-21-17-23(18-22(2)30(21)40-33(3,4)31(36)37)11-12-25-19-34(32(38)39-26-9-7-6-8-10-26)20-28(25)29(35)24-13-15-27(41-5)16-14-24/h6-10,13-18,25,28H,11-12,19-20H2,1-5H3,(H,36,37). The highest BCUT2D eigenvalue weighted by molar-refractivity contribution is 7.98. The van der Waals surface area contributed by atoms with Crippen LogP contribution in [0.4, 0.5) is 4.79 Å². The maximum absolute atomic E-state index is 13.7. The van der Waals surface area contributed by atoms with E-state index in [0.29, 0.717) is 43.0 Å². The number of likely N-dealkylation sites (tertiary alicyclic amines) is 1. The minimum atomic E-state index is -1.35. The van der Waals surface area contributed by atoms with Crippen LogP contribution in [0.2, 0.25) is 0 Å². The number of aryl methyl sites for hydroxylation is 3. The first-order valence-corrected chi connectivity index (χ1v) is 14.9. The van der Waals surface area contributed by atoms with Crippen molar-refractivity contribution in [2.24, 2.45) is 11.8 Å². The first kappa shape index (κ1) is 30.2. The number of rotatable bonds is 10. The van der Waals surface area contributed by atoms with Gasteiger partial charge in [0, 0.05) is 29.5 Å². The molecule has 1 fully saturated rings. The minimum Gasteiger partial charge on any atom is -0.478 e. The molecule has 2 atom stereocenters. The maximum Gasteiger partial charge on any atom is 0.415 e. The molecule has 4 rings (SSSR count). The molecule has 1 aliphatic rings. The summed E-state index contributed by atoms with van der Waals surface area (Å²) in [5, 5.41) is 9.48. The van der Waals surface area contributed by atoms with Gasteiger partial charge in [-0.25, -0.2) is 9.59 Å². The number of carbonyl (C=O) groups excluding carboxylic acids is 2. The Labute approximate surface area is 245 Å². The van der Waals surface area contributed by atoms with Crippen LogP contribution in [0.25, 0.3) is 0 Å². The van der Waals surface area contributed by atoms with Crippen molar-refractivity contribution in [3.63, 3.8) is 0 Å². The second-order valence-electron chi connectivity index (χ2n) is 11.1. The summed E-state index contributed by atoms with van der Waals surface area (Å²) in [6.45, 7) is 7.60. The predicted octanol–water partition coefficient (Wildman–Crippen LogP) is 6.83. The van der Waals surface area contributed by atoms with Crippen molar-refractivity contribution in [2.75, 3.05) is 19.3 Å². The van der Waals surface area contributed by atoms with Crippen LogP contribution >= 0.6 is 11.8 Å². The highest BCUT2D eigenvalue weighted by Crippen LogP contribution is 2.34. The lowest BCUT2D eigenvalue weighted by Crippen LogP contribution is -2.38. The predicted molar refractivity (Wildman–Crippen MR) is 160 cm³/mol. The van der Waals surface area contributed by atoms with Crippen molar-refractivity contribution < 1.29 is 29.0 Å². The highest BCUT2D eigenvalue weighted by atomic mass is 32.2. The number of amides is 1. The lowest BCUT2D eigenvalue weighted by atomic mass is 9.84. The highest BCUT2D eigenvalue weighted by Gasteiger charge is 2.40. The molecule has 3 aromatic carbocycles. The first-order chi connectivity index (χ1) is 19.5. The first-order valence-electron chi connectivity index (χ1n) is 13.7. The number of ether oxygens (including phenoxy) is 2. The number of aliphatic carboxylic acids is 1. The molecule has 8 heteroatoms. The van der Waals surface area contributed by atoms with E-state index in [0.717, 1.165) is 21.6 Å². The lowest BCUT2D eigenvalue weighted by Gasteiger charge is -2.25. The lowest BCUT2D eigenvalue weighted by molar-refractivity contribution is -0.152. The van der Waals surface area contributed by atoms with E-state index in [4.69, 9.17) is 9.47 Å². The molecule has 1 heterocycles. The summed E-state index contributed by atoms with van der Waals surface area (Å²) in [6.07, 6.45) is 2.94. The van der Waals surface area contributed by atoms with Gasteiger partial charge in [-0.3, -0.25) is 4.79 Å². The summed E-state index contributed by atoms with van der Waals surface area (Å²) < 4.78 is 11.4. The summed E-state index contributed by atoms with van der Waals surface area (Å²) >= 11 is 1.62. The van der Waals surface area contributed by atoms with Gasteiger partial charge in [-0.15, -0.1) is 11.8 Å². The molecule has 0 aliphatic carbocycles. The van der Waals surface area contributed by atoms with Crippen LogP contribution in [0.5, 0.6) is 11.5 Å². The average Bonchev–Trinajstić information content (AvgIpc) is 3.38. The molecule has 2 unspecified atom stereocenters. The minimum absolute atomic E-state index is 0.0321. The molecule has 1 saturated heterocycles. The largest absolute Gasteiger partial charge is 0.478 e. The molecule has 3 aromatic rings. The zero-order chi connectivity index (χ0) is 29.7. The molecule has 0 radical (unpaired) electrons. The van der Waals surface area contributed by atoms with Crippen molar-refractivity contribution >= 4 is 29.6 Å². The molecule has 0 spiro atoms. The number of para-hydroxylation sites is 1. The Balaban J connectivity index is 1.52. The van der Waals surface area contributed by atoms with Gasteiger partial charge in [0.1, 0.15) is 11.5 Å². The fourth-order valence-corrected chi connectivity index (χ4v) is 5.64. The van der Waals surface area contributed by atoms with Gasteiger partial charge in [-0.1, -0.05) is 42.5 Å². The van der Waals surface area contributed by atoms with Crippen LogP contribution in [-0.4, -0.2) is 52.8 Å². The van der Waals surface area contributed by atoms with Crippen molar-refractivity contribution in [3.05, 3.63) is 89.0 Å². The van der Waals surface area contributed by atoms with Gasteiger partial charge < -0.3 is 19.5 Å². The third kappa shape index (κ3) is 7.30. The van der Waals surface area contributed by atoms with Gasteiger partial charge in [0.2, 0.25) is 0 Å². The quantitative estimate of drug-likeness (QED) is 0.209.